The van der Waals surface area contributed by atoms with E-state index in [9.17, 15) is 33.9 Å². The topological polar surface area (TPSA) is 199 Å². The summed E-state index contributed by atoms with van der Waals surface area (Å²) >= 11 is 0. The number of carboxylic acids is 3. The van der Waals surface area contributed by atoms with Gasteiger partial charge in [0.25, 0.3) is 0 Å². The molecular formula is C18H29N3O9. The zero-order valence-electron chi connectivity index (χ0n) is 17.0. The Morgan fingerprint density at radius 3 is 1.37 bits per heavy atom. The van der Waals surface area contributed by atoms with Crippen LogP contribution in [0.1, 0.15) is 52.4 Å². The Hall–Kier alpha value is -3.02. The molecule has 0 aromatic heterocycles. The van der Waals surface area contributed by atoms with Crippen LogP contribution in [0, 0.1) is 0 Å². The molecule has 0 heterocycles. The molecular weight excluding hydrogens is 402 g/mol. The van der Waals surface area contributed by atoms with Crippen molar-refractivity contribution in [2.24, 2.45) is 0 Å². The lowest BCUT2D eigenvalue weighted by Gasteiger charge is -2.17. The Kier molecular flexibility index (Phi) is 12.6. The van der Waals surface area contributed by atoms with Crippen molar-refractivity contribution in [3.8, 4) is 0 Å². The van der Waals surface area contributed by atoms with Gasteiger partial charge >= 0.3 is 17.9 Å². The van der Waals surface area contributed by atoms with Crippen molar-refractivity contribution in [1.29, 1.82) is 0 Å². The summed E-state index contributed by atoms with van der Waals surface area (Å²) in [5, 5.41) is 34.4. The van der Waals surface area contributed by atoms with Crippen LogP contribution < -0.4 is 16.0 Å². The standard InChI is InChI=1S/C18H29N3O9/c1-3-19-11(16(25)26)6-8-14(23)21-13(18(29)30)7-9-15(24)20-12(17(27)28)5-4-10(2)22/h11-13,19H,3-9H2,1-2H3,(H,20,24)(H,21,23)(H,25,26)(H,27,28)(H,29,30). The molecule has 0 aromatic carbocycles. The lowest BCUT2D eigenvalue weighted by Crippen LogP contribution is -2.44. The summed E-state index contributed by atoms with van der Waals surface area (Å²) in [6.45, 7) is 3.38. The number of nitrogens with one attached hydrogen (secondary N) is 3. The molecule has 0 aliphatic heterocycles. The normalized spacial score (nSPS) is 13.5. The van der Waals surface area contributed by atoms with E-state index in [-0.39, 0.29) is 44.3 Å². The van der Waals surface area contributed by atoms with Crippen LogP contribution >= 0.6 is 0 Å². The highest BCUT2D eigenvalue weighted by Gasteiger charge is 2.25. The summed E-state index contributed by atoms with van der Waals surface area (Å²) in [6.07, 6.45) is -1.05. The van der Waals surface area contributed by atoms with Crippen molar-refractivity contribution < 1.29 is 44.1 Å². The quantitative estimate of drug-likeness (QED) is 0.178. The number of rotatable bonds is 16. The van der Waals surface area contributed by atoms with Gasteiger partial charge in [-0.15, -0.1) is 0 Å². The fourth-order valence-electron chi connectivity index (χ4n) is 2.51. The molecule has 0 fully saturated rings. The Morgan fingerprint density at radius 1 is 0.667 bits per heavy atom. The molecule has 0 aliphatic rings. The van der Waals surface area contributed by atoms with Gasteiger partial charge in [-0.25, -0.2) is 9.59 Å². The number of carboxylic acid groups (broad SMARTS) is 3. The van der Waals surface area contributed by atoms with E-state index in [2.05, 4.69) is 16.0 Å². The first kappa shape index (κ1) is 27.0. The maximum Gasteiger partial charge on any atom is 0.326 e. The third kappa shape index (κ3) is 11.7. The van der Waals surface area contributed by atoms with Gasteiger partial charge in [0.1, 0.15) is 23.9 Å². The number of aliphatic carboxylic acids is 3. The molecule has 3 atom stereocenters. The van der Waals surface area contributed by atoms with Gasteiger partial charge in [-0.1, -0.05) is 6.92 Å². The number of hydrogen-bond acceptors (Lipinski definition) is 7. The van der Waals surface area contributed by atoms with Gasteiger partial charge in [0.2, 0.25) is 11.8 Å². The maximum atomic E-state index is 11.9. The van der Waals surface area contributed by atoms with Gasteiger partial charge in [0.15, 0.2) is 0 Å². The lowest BCUT2D eigenvalue weighted by atomic mass is 10.1. The first-order valence-corrected chi connectivity index (χ1v) is 9.47. The molecule has 0 radical (unpaired) electrons. The van der Waals surface area contributed by atoms with Gasteiger partial charge < -0.3 is 36.1 Å². The minimum absolute atomic E-state index is 0.0325. The molecule has 30 heavy (non-hydrogen) atoms. The number of ketones is 1. The molecule has 3 unspecified atom stereocenters. The number of likely N-dealkylation sites (N-methyl/N-ethyl adjacent to an activating group) is 1. The predicted octanol–water partition coefficient (Wildman–Crippen LogP) is -0.882. The van der Waals surface area contributed by atoms with Crippen molar-refractivity contribution in [2.45, 2.75) is 70.5 Å². The van der Waals surface area contributed by atoms with Gasteiger partial charge in [-0.05, 0) is 32.7 Å². The van der Waals surface area contributed by atoms with Crippen molar-refractivity contribution in [3.63, 3.8) is 0 Å². The molecule has 0 saturated heterocycles. The van der Waals surface area contributed by atoms with E-state index in [1.807, 2.05) is 0 Å². The van der Waals surface area contributed by atoms with Gasteiger partial charge in [0, 0.05) is 19.3 Å². The fourth-order valence-corrected chi connectivity index (χ4v) is 2.51. The number of amides is 2. The monoisotopic (exact) mass is 431 g/mol. The van der Waals surface area contributed by atoms with E-state index in [0.717, 1.165) is 0 Å². The Bertz CT molecular complexity index is 651. The summed E-state index contributed by atoms with van der Waals surface area (Å²) in [4.78, 5) is 68.3. The molecule has 0 bridgehead atoms. The van der Waals surface area contributed by atoms with Crippen LogP contribution in [0.2, 0.25) is 0 Å². The molecule has 6 N–H and O–H groups in total. The van der Waals surface area contributed by atoms with Gasteiger partial charge in [-0.3, -0.25) is 14.4 Å². The second-order valence-electron chi connectivity index (χ2n) is 6.68. The molecule has 12 nitrogen and oxygen atoms in total. The highest BCUT2D eigenvalue weighted by Crippen LogP contribution is 2.04. The van der Waals surface area contributed by atoms with Gasteiger partial charge in [-0.2, -0.15) is 0 Å². The second kappa shape index (κ2) is 14.0. The molecule has 0 aromatic rings. The average Bonchev–Trinajstić information content (AvgIpc) is 2.64. The van der Waals surface area contributed by atoms with E-state index in [1.54, 1.807) is 6.92 Å². The average molecular weight is 431 g/mol. The number of carbonyl (C=O) groups is 6. The van der Waals surface area contributed by atoms with E-state index >= 15 is 0 Å². The van der Waals surface area contributed by atoms with Crippen LogP contribution in [0.15, 0.2) is 0 Å². The number of carbonyl (C=O) groups excluding carboxylic acids is 3. The minimum atomic E-state index is -1.40. The lowest BCUT2D eigenvalue weighted by molar-refractivity contribution is -0.143. The SMILES string of the molecule is CCNC(CCC(=O)NC(CCC(=O)NC(CCC(C)=O)C(=O)O)C(=O)O)C(=O)O. The fraction of sp³-hybridized carbons (Fsp3) is 0.667. The Balaban J connectivity index is 4.63. The van der Waals surface area contributed by atoms with E-state index in [1.165, 1.54) is 6.92 Å². The van der Waals surface area contributed by atoms with Gasteiger partial charge in [0.05, 0.1) is 0 Å². The summed E-state index contributed by atoms with van der Waals surface area (Å²) < 4.78 is 0. The van der Waals surface area contributed by atoms with Crippen molar-refractivity contribution in [1.82, 2.24) is 16.0 Å². The van der Waals surface area contributed by atoms with Crippen LogP contribution in [-0.2, 0) is 28.8 Å². The number of Topliss-reactive ketones (excluding diaryl/α,β-unsaturated/α-hetero) is 1. The van der Waals surface area contributed by atoms with Crippen LogP contribution in [0.3, 0.4) is 0 Å². The first-order chi connectivity index (χ1) is 14.0. The molecule has 0 aliphatic carbocycles. The molecule has 170 valence electrons. The highest BCUT2D eigenvalue weighted by atomic mass is 16.4. The van der Waals surface area contributed by atoms with E-state index < -0.39 is 47.8 Å². The zero-order chi connectivity index (χ0) is 23.3. The van der Waals surface area contributed by atoms with Crippen LogP contribution in [-0.4, -0.2) is 75.5 Å². The summed E-state index contributed by atoms with van der Waals surface area (Å²) in [5.41, 5.74) is 0. The first-order valence-electron chi connectivity index (χ1n) is 9.47. The molecule has 0 rings (SSSR count). The highest BCUT2D eigenvalue weighted by molar-refractivity contribution is 5.86. The van der Waals surface area contributed by atoms with Crippen molar-refractivity contribution in [3.05, 3.63) is 0 Å². The zero-order valence-corrected chi connectivity index (χ0v) is 17.0. The van der Waals surface area contributed by atoms with E-state index in [4.69, 9.17) is 10.2 Å². The third-order valence-electron chi connectivity index (χ3n) is 4.12. The minimum Gasteiger partial charge on any atom is -0.480 e. The van der Waals surface area contributed by atoms with Crippen molar-refractivity contribution >= 4 is 35.5 Å². The summed E-state index contributed by atoms with van der Waals surface area (Å²) in [7, 11) is 0. The molecule has 2 amide bonds. The van der Waals surface area contributed by atoms with Crippen LogP contribution in [0.5, 0.6) is 0 Å². The summed E-state index contributed by atoms with van der Waals surface area (Å²) in [6, 6.07) is -3.62. The maximum absolute atomic E-state index is 11.9. The van der Waals surface area contributed by atoms with E-state index in [0.29, 0.717) is 6.54 Å². The Labute approximate surface area is 173 Å². The largest absolute Gasteiger partial charge is 0.480 e. The van der Waals surface area contributed by atoms with Crippen molar-refractivity contribution in [2.75, 3.05) is 6.54 Å². The summed E-state index contributed by atoms with van der Waals surface area (Å²) in [5.74, 6) is -5.48. The second-order valence-corrected chi connectivity index (χ2v) is 6.68. The third-order valence-corrected chi connectivity index (χ3v) is 4.12. The number of hydrogen-bond donors (Lipinski definition) is 6. The Morgan fingerprint density at radius 2 is 1.03 bits per heavy atom. The van der Waals surface area contributed by atoms with Crippen LogP contribution in [0.25, 0.3) is 0 Å². The molecule has 0 saturated carbocycles. The smallest absolute Gasteiger partial charge is 0.326 e. The van der Waals surface area contributed by atoms with Crippen LogP contribution in [0.4, 0.5) is 0 Å². The molecule has 0 spiro atoms. The molecule has 12 heteroatoms. The predicted molar refractivity (Wildman–Crippen MR) is 103 cm³/mol.